The molecule has 4 N–H and O–H groups in total. The zero-order valence-corrected chi connectivity index (χ0v) is 34.9. The first-order valence-electron chi connectivity index (χ1n) is 18.3. The number of amides is 3. The molecule has 0 radical (unpaired) electrons. The molecule has 2 aliphatic rings. The van der Waals surface area contributed by atoms with Crippen LogP contribution < -0.4 is 25.5 Å². The maximum absolute atomic E-state index is 14.2. The summed E-state index contributed by atoms with van der Waals surface area (Å²) in [5, 5.41) is 35.0. The average molecular weight is 914 g/mol. The Labute approximate surface area is 362 Å². The minimum atomic E-state index is -2.16. The Kier molecular flexibility index (Phi) is 13.9. The van der Waals surface area contributed by atoms with Crippen molar-refractivity contribution >= 4 is 76.5 Å². The number of carbonyl (C=O) groups is 7. The average Bonchev–Trinajstić information content (AvgIpc) is 3.70. The van der Waals surface area contributed by atoms with Crippen molar-refractivity contribution in [1.29, 1.82) is 0 Å². The molecule has 3 atom stereocenters. The highest BCUT2D eigenvalue weighted by atomic mass is 32.2. The number of nitrogens with one attached hydrogen (secondary N) is 2. The molecule has 2 aromatic heterocycles. The van der Waals surface area contributed by atoms with Gasteiger partial charge in [-0.05, 0) is 53.6 Å². The first-order chi connectivity index (χ1) is 30.2. The summed E-state index contributed by atoms with van der Waals surface area (Å²) in [5.74, 6) is -6.35. The minimum Gasteiger partial charge on any atom is -0.508 e. The van der Waals surface area contributed by atoms with Crippen molar-refractivity contribution in [1.82, 2.24) is 35.7 Å². The molecule has 4 heterocycles. The number of esters is 1. The maximum Gasteiger partial charge on any atom is 0.513 e. The van der Waals surface area contributed by atoms with Crippen LogP contribution >= 0.6 is 23.5 Å². The molecular weight excluding hydrogens is 879 g/mol. The van der Waals surface area contributed by atoms with Gasteiger partial charge in [0.2, 0.25) is 16.5 Å². The van der Waals surface area contributed by atoms with E-state index in [1.54, 1.807) is 0 Å². The van der Waals surface area contributed by atoms with E-state index in [9.17, 15) is 48.6 Å². The van der Waals surface area contributed by atoms with Gasteiger partial charge in [0.25, 0.3) is 17.5 Å². The molecule has 0 spiro atoms. The second-order valence-corrected chi connectivity index (χ2v) is 14.9. The fraction of sp³-hybridized carbons (Fsp3) is 0.324. The van der Waals surface area contributed by atoms with Crippen LogP contribution in [0.15, 0.2) is 68.3 Å². The number of methoxy groups -OCH3 is 2. The molecule has 1 unspecified atom stereocenters. The predicted molar refractivity (Wildman–Crippen MR) is 212 cm³/mol. The number of phenols is 1. The third-order valence-electron chi connectivity index (χ3n) is 9.08. The second kappa shape index (κ2) is 19.2. The lowest BCUT2D eigenvalue weighted by atomic mass is 9.96. The number of hydrogen-bond acceptors (Lipinski definition) is 21. The number of rotatable bonds is 16. The topological polar surface area (TPSA) is 316 Å². The van der Waals surface area contributed by atoms with Crippen molar-refractivity contribution in [2.24, 2.45) is 0 Å². The molecule has 1 saturated heterocycles. The van der Waals surface area contributed by atoms with E-state index >= 15 is 0 Å². The predicted octanol–water partition coefficient (Wildman–Crippen LogP) is 1.70. The number of ether oxygens (including phenoxy) is 6. The van der Waals surface area contributed by atoms with Gasteiger partial charge < -0.3 is 53.7 Å². The lowest BCUT2D eigenvalue weighted by Gasteiger charge is -2.56. The summed E-state index contributed by atoms with van der Waals surface area (Å²) in [6.45, 7) is 2.57. The van der Waals surface area contributed by atoms with Gasteiger partial charge in [-0.1, -0.05) is 23.9 Å². The van der Waals surface area contributed by atoms with Crippen LogP contribution in [0.25, 0.3) is 11.0 Å². The summed E-state index contributed by atoms with van der Waals surface area (Å²) in [5.41, 5.74) is -4.07. The molecule has 6 rings (SSSR count). The number of benzene rings is 2. The molecule has 4 aromatic rings. The number of nitrogens with zero attached hydrogens (tertiary/aromatic N) is 5. The van der Waals surface area contributed by atoms with Gasteiger partial charge in [0.15, 0.2) is 11.5 Å². The van der Waals surface area contributed by atoms with E-state index in [4.69, 9.17) is 28.1 Å². The molecular formula is C37H35N7O17S2. The Balaban J connectivity index is 1.27. The van der Waals surface area contributed by atoms with E-state index in [-0.39, 0.29) is 70.0 Å². The maximum atomic E-state index is 14.2. The quantitative estimate of drug-likeness (QED) is 0.0310. The van der Waals surface area contributed by atoms with E-state index in [1.807, 2.05) is 0 Å². The van der Waals surface area contributed by atoms with Gasteiger partial charge in [0, 0.05) is 24.7 Å². The number of carboxylic acids is 1. The number of hydrogen-bond donors (Lipinski definition) is 4. The molecule has 2 aliphatic heterocycles. The molecule has 63 heavy (non-hydrogen) atoms. The van der Waals surface area contributed by atoms with Crippen molar-refractivity contribution in [3.63, 3.8) is 0 Å². The molecule has 26 heteroatoms. The number of fused-ring (bicyclic) bond motifs is 2. The smallest absolute Gasteiger partial charge is 0.508 e. The third kappa shape index (κ3) is 9.36. The molecule has 0 saturated carbocycles. The molecule has 3 amide bonds. The molecule has 332 valence electrons. The van der Waals surface area contributed by atoms with Gasteiger partial charge in [0.1, 0.15) is 46.8 Å². The fourth-order valence-electron chi connectivity index (χ4n) is 6.15. The summed E-state index contributed by atoms with van der Waals surface area (Å²) in [6.07, 6.45) is -1.63. The Morgan fingerprint density at radius 1 is 1.02 bits per heavy atom. The number of aliphatic carboxylic acids is 1. The largest absolute Gasteiger partial charge is 0.513 e. The van der Waals surface area contributed by atoms with Gasteiger partial charge in [-0.15, -0.1) is 16.9 Å². The number of aromatic hydroxyl groups is 1. The lowest BCUT2D eigenvalue weighted by molar-refractivity contribution is -0.192. The van der Waals surface area contributed by atoms with Crippen LogP contribution in [0, 0.1) is 0 Å². The Morgan fingerprint density at radius 2 is 1.68 bits per heavy atom. The third-order valence-corrected chi connectivity index (χ3v) is 11.5. The minimum absolute atomic E-state index is 0.0149. The Morgan fingerprint density at radius 3 is 2.30 bits per heavy atom. The van der Waals surface area contributed by atoms with Crippen molar-refractivity contribution in [3.05, 3.63) is 75.3 Å². The monoisotopic (exact) mass is 913 g/mol. The summed E-state index contributed by atoms with van der Waals surface area (Å²) in [7, 11) is 2.31. The van der Waals surface area contributed by atoms with Crippen LogP contribution in [-0.4, -0.2) is 127 Å². The van der Waals surface area contributed by atoms with Gasteiger partial charge in [0.05, 0.1) is 25.7 Å². The normalized spacial score (nSPS) is 17.2. The van der Waals surface area contributed by atoms with E-state index in [0.29, 0.717) is 0 Å². The van der Waals surface area contributed by atoms with Crippen LogP contribution in [0.3, 0.4) is 0 Å². The number of tetrazole rings is 1. The van der Waals surface area contributed by atoms with Crippen molar-refractivity contribution in [2.45, 2.75) is 42.7 Å². The fourth-order valence-corrected chi connectivity index (χ4v) is 8.60. The summed E-state index contributed by atoms with van der Waals surface area (Å²) >= 11 is 2.07. The SMILES string of the molecule is CCOC(=O)Oc1cc2occ(C(=O)NC(C(=O)N[C@]3(OC)C(=O)N4C(C(=O)O)=C(CSc5nnnn5CC(=O)OC)CS[C@H]43)c3ccc(O)cc3)c(=O)c2cc1OC(=O)OCC. The van der Waals surface area contributed by atoms with Gasteiger partial charge in [-0.2, -0.15) is 0 Å². The molecule has 0 bridgehead atoms. The van der Waals surface area contributed by atoms with Crippen LogP contribution in [0.5, 0.6) is 17.2 Å². The first kappa shape index (κ1) is 45.3. The number of thioether (sulfide) groups is 2. The summed E-state index contributed by atoms with van der Waals surface area (Å²) in [6, 6.07) is 5.29. The zero-order valence-electron chi connectivity index (χ0n) is 33.3. The van der Waals surface area contributed by atoms with Crippen LogP contribution in [0.4, 0.5) is 9.59 Å². The van der Waals surface area contributed by atoms with Gasteiger partial charge in [-0.25, -0.2) is 19.1 Å². The molecule has 1 fully saturated rings. The molecule has 24 nitrogen and oxygen atoms in total. The van der Waals surface area contributed by atoms with Gasteiger partial charge in [-0.3, -0.25) is 28.9 Å². The second-order valence-electron chi connectivity index (χ2n) is 12.9. The van der Waals surface area contributed by atoms with E-state index in [2.05, 4.69) is 30.9 Å². The molecule has 0 aliphatic carbocycles. The molecule has 2 aromatic carbocycles. The first-order valence-corrected chi connectivity index (χ1v) is 20.3. The highest BCUT2D eigenvalue weighted by Gasteiger charge is 2.67. The Bertz CT molecular complexity index is 2580. The van der Waals surface area contributed by atoms with E-state index in [0.717, 1.165) is 58.6 Å². The number of β-lactam (4-membered cyclic amide) rings is 1. The van der Waals surface area contributed by atoms with E-state index in [1.165, 1.54) is 45.2 Å². The Hall–Kier alpha value is -7.19. The summed E-state index contributed by atoms with van der Waals surface area (Å²) in [4.78, 5) is 106. The number of carbonyl (C=O) groups excluding carboxylic acids is 6. The number of carboxylic acid groups (broad SMARTS) is 1. The highest BCUT2D eigenvalue weighted by molar-refractivity contribution is 8.01. The van der Waals surface area contributed by atoms with Crippen LogP contribution in [0.2, 0.25) is 0 Å². The van der Waals surface area contributed by atoms with Gasteiger partial charge >= 0.3 is 24.2 Å². The van der Waals surface area contributed by atoms with E-state index < -0.39 is 81.6 Å². The number of phenolic OH excluding ortho intramolecular Hbond substituents is 1. The standard InChI is InChI=1S/C37H35N7O17S2/c1-5-57-35(53)60-23-11-20-22(12-24(23)61-36(54)58-6-2)59-14-21(28(20)47)29(48)38-26(17-7-9-19(45)10-8-17)30(49)39-37(56-4)32(52)44-27(31(50)51)18(15-62-33(37)44)16-63-34-40-41-42-43(34)13-25(46)55-3/h7-12,14,26,33,45H,5-6,13,15-16H2,1-4H3,(H,38,48)(H,39,49)(H,50,51)/t26?,33-,37-/m0/s1. The highest BCUT2D eigenvalue weighted by Crippen LogP contribution is 2.47. The van der Waals surface area contributed by atoms with Crippen LogP contribution in [-0.2, 0) is 44.7 Å². The summed E-state index contributed by atoms with van der Waals surface area (Å²) < 4.78 is 36.7. The lowest BCUT2D eigenvalue weighted by Crippen LogP contribution is -2.81. The van der Waals surface area contributed by atoms with Crippen molar-refractivity contribution in [3.8, 4) is 17.2 Å². The zero-order chi connectivity index (χ0) is 45.6. The van der Waals surface area contributed by atoms with Crippen LogP contribution in [0.1, 0.15) is 35.8 Å². The van der Waals surface area contributed by atoms with Crippen molar-refractivity contribution in [2.75, 3.05) is 38.9 Å². The number of aromatic nitrogens is 4. The van der Waals surface area contributed by atoms with Crippen molar-refractivity contribution < 1.29 is 76.6 Å².